The van der Waals surface area contributed by atoms with Crippen molar-refractivity contribution in [1.82, 2.24) is 10.2 Å². The fourth-order valence-corrected chi connectivity index (χ4v) is 2.93. The number of ether oxygens (including phenoxy) is 1. The number of alkyl carbamates (subject to hydrolysis) is 1. The molecule has 116 valence electrons. The van der Waals surface area contributed by atoms with Gasteiger partial charge in [-0.2, -0.15) is 11.3 Å². The Bertz CT molecular complexity index is 494. The number of carbonyl (C=O) groups is 2. The number of nitrogens with zero attached hydrogens (tertiary/aromatic N) is 1. The number of hydrogen-bond acceptors (Lipinski definition) is 4. The molecule has 0 unspecified atom stereocenters. The van der Waals surface area contributed by atoms with Crippen LogP contribution in [0.25, 0.3) is 0 Å². The monoisotopic (exact) mass is 310 g/mol. The summed E-state index contributed by atoms with van der Waals surface area (Å²) in [5, 5.41) is 6.79. The molecule has 5 nitrogen and oxygen atoms in total. The van der Waals surface area contributed by atoms with Gasteiger partial charge >= 0.3 is 6.09 Å². The minimum Gasteiger partial charge on any atom is -0.444 e. The summed E-state index contributed by atoms with van der Waals surface area (Å²) >= 11 is 1.59. The maximum absolute atomic E-state index is 12.2. The number of rotatable bonds is 3. The average molecular weight is 310 g/mol. The number of hydrogen-bond donors (Lipinski definition) is 1. The lowest BCUT2D eigenvalue weighted by Gasteiger charge is -2.22. The Morgan fingerprint density at radius 3 is 2.86 bits per heavy atom. The Hall–Kier alpha value is -1.56. The lowest BCUT2D eigenvalue weighted by molar-refractivity contribution is -0.129. The fraction of sp³-hybridized carbons (Fsp3) is 0.600. The lowest BCUT2D eigenvalue weighted by atomic mass is 10.2. The van der Waals surface area contributed by atoms with E-state index in [-0.39, 0.29) is 11.9 Å². The predicted molar refractivity (Wildman–Crippen MR) is 82.4 cm³/mol. The largest absolute Gasteiger partial charge is 0.444 e. The van der Waals surface area contributed by atoms with Crippen LogP contribution in [-0.4, -0.2) is 41.6 Å². The summed E-state index contributed by atoms with van der Waals surface area (Å²) in [6.45, 7) is 6.74. The van der Waals surface area contributed by atoms with Crippen LogP contribution in [0.2, 0.25) is 0 Å². The van der Waals surface area contributed by atoms with Crippen LogP contribution in [0.1, 0.15) is 32.8 Å². The second-order valence-corrected chi connectivity index (χ2v) is 7.06. The van der Waals surface area contributed by atoms with E-state index in [0.29, 0.717) is 19.5 Å². The molecule has 1 saturated heterocycles. The highest BCUT2D eigenvalue weighted by Crippen LogP contribution is 2.14. The minimum absolute atomic E-state index is 0.0220. The second kappa shape index (κ2) is 6.47. The van der Waals surface area contributed by atoms with Crippen molar-refractivity contribution in [2.75, 3.05) is 13.1 Å². The van der Waals surface area contributed by atoms with E-state index in [9.17, 15) is 9.59 Å². The molecule has 0 aromatic carbocycles. The zero-order chi connectivity index (χ0) is 15.5. The Labute approximate surface area is 129 Å². The summed E-state index contributed by atoms with van der Waals surface area (Å²) in [4.78, 5) is 25.7. The molecule has 1 atom stereocenters. The van der Waals surface area contributed by atoms with Gasteiger partial charge in [-0.15, -0.1) is 0 Å². The Balaban J connectivity index is 1.78. The van der Waals surface area contributed by atoms with Crippen molar-refractivity contribution in [3.63, 3.8) is 0 Å². The summed E-state index contributed by atoms with van der Waals surface area (Å²) in [7, 11) is 0. The van der Waals surface area contributed by atoms with Crippen LogP contribution >= 0.6 is 11.3 Å². The molecule has 1 N–H and O–H groups in total. The highest BCUT2D eigenvalue weighted by molar-refractivity contribution is 7.07. The first-order valence-electron chi connectivity index (χ1n) is 7.12. The van der Waals surface area contributed by atoms with Crippen LogP contribution in [0.4, 0.5) is 4.79 Å². The highest BCUT2D eigenvalue weighted by Gasteiger charge is 2.28. The maximum atomic E-state index is 12.2. The lowest BCUT2D eigenvalue weighted by Crippen LogP contribution is -2.41. The van der Waals surface area contributed by atoms with Gasteiger partial charge in [-0.1, -0.05) is 0 Å². The van der Waals surface area contributed by atoms with Crippen molar-refractivity contribution in [2.24, 2.45) is 0 Å². The van der Waals surface area contributed by atoms with Gasteiger partial charge in [0, 0.05) is 13.1 Å². The van der Waals surface area contributed by atoms with Crippen molar-refractivity contribution >= 4 is 23.3 Å². The summed E-state index contributed by atoms with van der Waals surface area (Å²) in [5.74, 6) is 0.113. The molecule has 0 radical (unpaired) electrons. The van der Waals surface area contributed by atoms with Crippen LogP contribution in [0, 0.1) is 0 Å². The molecule has 21 heavy (non-hydrogen) atoms. The molecule has 1 aromatic heterocycles. The number of carbonyl (C=O) groups excluding carboxylic acids is 2. The van der Waals surface area contributed by atoms with Crippen LogP contribution in [0.15, 0.2) is 16.8 Å². The third kappa shape index (κ3) is 5.04. The summed E-state index contributed by atoms with van der Waals surface area (Å²) in [6, 6.07) is 1.95. The van der Waals surface area contributed by atoms with Crippen molar-refractivity contribution in [3.8, 4) is 0 Å². The Kier molecular flexibility index (Phi) is 4.88. The first kappa shape index (κ1) is 15.8. The second-order valence-electron chi connectivity index (χ2n) is 6.28. The third-order valence-corrected chi connectivity index (χ3v) is 3.93. The predicted octanol–water partition coefficient (Wildman–Crippen LogP) is 2.42. The van der Waals surface area contributed by atoms with E-state index in [4.69, 9.17) is 4.74 Å². The quantitative estimate of drug-likeness (QED) is 0.933. The van der Waals surface area contributed by atoms with Gasteiger partial charge in [0.05, 0.1) is 12.5 Å². The molecule has 1 aliphatic rings. The van der Waals surface area contributed by atoms with E-state index < -0.39 is 11.7 Å². The Morgan fingerprint density at radius 1 is 1.48 bits per heavy atom. The highest BCUT2D eigenvalue weighted by atomic mass is 32.1. The molecule has 1 aromatic rings. The zero-order valence-electron chi connectivity index (χ0n) is 12.7. The fourth-order valence-electron chi connectivity index (χ4n) is 2.26. The van der Waals surface area contributed by atoms with E-state index >= 15 is 0 Å². The first-order chi connectivity index (χ1) is 9.83. The molecule has 1 aliphatic heterocycles. The van der Waals surface area contributed by atoms with Crippen molar-refractivity contribution in [3.05, 3.63) is 22.4 Å². The van der Waals surface area contributed by atoms with Gasteiger partial charge in [-0.25, -0.2) is 4.79 Å². The van der Waals surface area contributed by atoms with Gasteiger partial charge in [-0.3, -0.25) is 4.79 Å². The first-order valence-corrected chi connectivity index (χ1v) is 8.06. The van der Waals surface area contributed by atoms with E-state index in [1.165, 1.54) is 0 Å². The molecule has 0 spiro atoms. The normalized spacial score (nSPS) is 18.6. The van der Waals surface area contributed by atoms with Gasteiger partial charge < -0.3 is 15.0 Å². The van der Waals surface area contributed by atoms with Crippen LogP contribution in [-0.2, 0) is 16.0 Å². The van der Waals surface area contributed by atoms with Crippen LogP contribution < -0.4 is 5.32 Å². The smallest absolute Gasteiger partial charge is 0.407 e. The van der Waals surface area contributed by atoms with Gasteiger partial charge in [0.2, 0.25) is 5.91 Å². The van der Waals surface area contributed by atoms with Crippen molar-refractivity contribution in [1.29, 1.82) is 0 Å². The van der Waals surface area contributed by atoms with Gasteiger partial charge in [0.15, 0.2) is 0 Å². The van der Waals surface area contributed by atoms with E-state index in [0.717, 1.165) is 12.0 Å². The van der Waals surface area contributed by atoms with Gasteiger partial charge in [-0.05, 0) is 49.6 Å². The molecule has 1 fully saturated rings. The third-order valence-electron chi connectivity index (χ3n) is 3.20. The van der Waals surface area contributed by atoms with E-state index in [1.54, 1.807) is 16.2 Å². The molecule has 2 amide bonds. The molecular formula is C15H22N2O3S. The topological polar surface area (TPSA) is 58.6 Å². The number of nitrogens with one attached hydrogen (secondary N) is 1. The van der Waals surface area contributed by atoms with E-state index in [2.05, 4.69) is 5.32 Å². The van der Waals surface area contributed by atoms with Crippen LogP contribution in [0.5, 0.6) is 0 Å². The van der Waals surface area contributed by atoms with E-state index in [1.807, 2.05) is 37.6 Å². The zero-order valence-corrected chi connectivity index (χ0v) is 13.5. The minimum atomic E-state index is -0.503. The molecule has 2 rings (SSSR count). The summed E-state index contributed by atoms with van der Waals surface area (Å²) in [5.41, 5.74) is 0.547. The maximum Gasteiger partial charge on any atom is 0.407 e. The SMILES string of the molecule is CC(C)(C)OC(=O)N[C@H]1CCN(C(=O)Cc2ccsc2)C1. The Morgan fingerprint density at radius 2 is 2.24 bits per heavy atom. The van der Waals surface area contributed by atoms with Gasteiger partial charge in [0.25, 0.3) is 0 Å². The summed E-state index contributed by atoms with van der Waals surface area (Å²) < 4.78 is 5.23. The molecule has 0 saturated carbocycles. The van der Waals surface area contributed by atoms with Crippen LogP contribution in [0.3, 0.4) is 0 Å². The average Bonchev–Trinajstić information content (AvgIpc) is 2.97. The molecule has 6 heteroatoms. The molecule has 0 bridgehead atoms. The standard InChI is InChI=1S/C15H22N2O3S/c1-15(2,3)20-14(19)16-12-4-6-17(9-12)13(18)8-11-5-7-21-10-11/h5,7,10,12H,4,6,8-9H2,1-3H3,(H,16,19)/t12-/m0/s1. The summed E-state index contributed by atoms with van der Waals surface area (Å²) in [6.07, 6.45) is 0.789. The van der Waals surface area contributed by atoms with Crippen molar-refractivity contribution in [2.45, 2.75) is 45.3 Å². The molecular weight excluding hydrogens is 288 g/mol. The van der Waals surface area contributed by atoms with Crippen molar-refractivity contribution < 1.29 is 14.3 Å². The number of likely N-dealkylation sites (tertiary alicyclic amines) is 1. The number of thiophene rings is 1. The molecule has 2 heterocycles. The number of amides is 2. The molecule has 0 aliphatic carbocycles. The van der Waals surface area contributed by atoms with Gasteiger partial charge in [0.1, 0.15) is 5.60 Å².